The molecule has 5 atom stereocenters. The number of phosphoric ester groups is 2. The molecule has 90 heavy (non-hydrogen) atoms. The summed E-state index contributed by atoms with van der Waals surface area (Å²) in [6.45, 7) is 11.7. The van der Waals surface area contributed by atoms with Gasteiger partial charge in [-0.1, -0.05) is 305 Å². The quantitative estimate of drug-likeness (QED) is 0.0222. The first-order valence-corrected chi connectivity index (χ1v) is 39.8. The molecular formula is C71H138O17P2. The molecule has 0 radical (unpaired) electrons. The second kappa shape index (κ2) is 61.9. The third-order valence-corrected chi connectivity index (χ3v) is 18.3. The molecule has 0 bridgehead atoms. The van der Waals surface area contributed by atoms with Gasteiger partial charge < -0.3 is 33.8 Å². The van der Waals surface area contributed by atoms with Crippen LogP contribution < -0.4 is 0 Å². The fraction of sp³-hybridized carbons (Fsp3) is 0.944. The molecule has 534 valence electrons. The zero-order valence-corrected chi connectivity index (χ0v) is 60.4. The first kappa shape index (κ1) is 88.1. The second-order valence-corrected chi connectivity index (χ2v) is 30.0. The van der Waals surface area contributed by atoms with Gasteiger partial charge in [0.15, 0.2) is 12.2 Å². The van der Waals surface area contributed by atoms with E-state index in [1.54, 1.807) is 0 Å². The van der Waals surface area contributed by atoms with Crippen molar-refractivity contribution in [2.75, 3.05) is 39.6 Å². The molecule has 0 spiro atoms. The molecule has 0 saturated carbocycles. The molecule has 2 unspecified atom stereocenters. The Morgan fingerprint density at radius 2 is 0.511 bits per heavy atom. The Morgan fingerprint density at radius 1 is 0.300 bits per heavy atom. The van der Waals surface area contributed by atoms with E-state index in [1.165, 1.54) is 161 Å². The van der Waals surface area contributed by atoms with Gasteiger partial charge in [0.1, 0.15) is 19.3 Å². The van der Waals surface area contributed by atoms with Crippen LogP contribution in [0.5, 0.6) is 0 Å². The largest absolute Gasteiger partial charge is 0.472 e. The standard InChI is InChI=1S/C71H138O17P2/c1-8-9-10-11-12-13-14-15-16-17-18-19-20-21-22-32-40-47-54-70(75)87-66(58-81-68(73)52-45-38-31-25-23-28-35-42-49-62(2)3)60-85-89(77,78)83-56-65(72)57-84-90(79,80)86-61-67(59-82-69(74)53-46-39-34-27-30-37-44-51-64(6)7)88-71(76)55-48-41-33-26-24-29-36-43-50-63(4)5/h62-67,72H,8-61H2,1-7H3,(H,77,78)(H,79,80)/t65-,66-,67-/m1/s1. The van der Waals surface area contributed by atoms with Crippen molar-refractivity contribution in [3.05, 3.63) is 0 Å². The van der Waals surface area contributed by atoms with Crippen LogP contribution >= 0.6 is 15.6 Å². The molecule has 0 aromatic carbocycles. The summed E-state index contributed by atoms with van der Waals surface area (Å²) in [6, 6.07) is 0. The smallest absolute Gasteiger partial charge is 0.462 e. The molecule has 0 amide bonds. The molecule has 19 heteroatoms. The predicted octanol–water partition coefficient (Wildman–Crippen LogP) is 20.2. The maximum Gasteiger partial charge on any atom is 0.472 e. The van der Waals surface area contributed by atoms with Crippen LogP contribution in [0.25, 0.3) is 0 Å². The van der Waals surface area contributed by atoms with Gasteiger partial charge in [0.2, 0.25) is 0 Å². The minimum Gasteiger partial charge on any atom is -0.462 e. The van der Waals surface area contributed by atoms with Crippen molar-refractivity contribution in [2.24, 2.45) is 17.8 Å². The number of rotatable bonds is 69. The highest BCUT2D eigenvalue weighted by Crippen LogP contribution is 2.45. The lowest BCUT2D eigenvalue weighted by Gasteiger charge is -2.21. The van der Waals surface area contributed by atoms with Crippen LogP contribution in [-0.4, -0.2) is 96.7 Å². The summed E-state index contributed by atoms with van der Waals surface area (Å²) >= 11 is 0. The summed E-state index contributed by atoms with van der Waals surface area (Å²) in [5.74, 6) is 0.0211. The first-order chi connectivity index (χ1) is 43.2. The summed E-state index contributed by atoms with van der Waals surface area (Å²) in [4.78, 5) is 72.5. The highest BCUT2D eigenvalue weighted by Gasteiger charge is 2.30. The van der Waals surface area contributed by atoms with Gasteiger partial charge >= 0.3 is 39.5 Å². The third kappa shape index (κ3) is 64.8. The lowest BCUT2D eigenvalue weighted by atomic mass is 10.0. The van der Waals surface area contributed by atoms with E-state index < -0.39 is 97.5 Å². The zero-order chi connectivity index (χ0) is 66.6. The summed E-state index contributed by atoms with van der Waals surface area (Å²) in [5, 5.41) is 10.6. The number of phosphoric acid groups is 2. The fourth-order valence-corrected chi connectivity index (χ4v) is 12.3. The molecule has 0 rings (SSSR count). The predicted molar refractivity (Wildman–Crippen MR) is 363 cm³/mol. The van der Waals surface area contributed by atoms with E-state index in [9.17, 15) is 43.2 Å². The van der Waals surface area contributed by atoms with Crippen molar-refractivity contribution in [1.29, 1.82) is 0 Å². The van der Waals surface area contributed by atoms with Gasteiger partial charge in [0, 0.05) is 25.7 Å². The minimum absolute atomic E-state index is 0.103. The lowest BCUT2D eigenvalue weighted by Crippen LogP contribution is -2.30. The number of aliphatic hydroxyl groups is 1. The topological polar surface area (TPSA) is 237 Å². The van der Waals surface area contributed by atoms with Crippen LogP contribution in [0.1, 0.15) is 357 Å². The minimum atomic E-state index is -4.95. The maximum atomic E-state index is 13.0. The molecule has 0 aliphatic rings. The van der Waals surface area contributed by atoms with Crippen LogP contribution in [0.3, 0.4) is 0 Å². The van der Waals surface area contributed by atoms with Crippen LogP contribution in [0.4, 0.5) is 0 Å². The number of hydrogen-bond donors (Lipinski definition) is 3. The Hall–Kier alpha value is -1.94. The van der Waals surface area contributed by atoms with Crippen LogP contribution in [-0.2, 0) is 65.4 Å². The van der Waals surface area contributed by atoms with Crippen molar-refractivity contribution in [2.45, 2.75) is 375 Å². The number of ether oxygens (including phenoxy) is 4. The van der Waals surface area contributed by atoms with E-state index in [2.05, 4.69) is 48.5 Å². The molecule has 0 heterocycles. The highest BCUT2D eigenvalue weighted by atomic mass is 31.2. The van der Waals surface area contributed by atoms with E-state index in [0.29, 0.717) is 31.6 Å². The number of hydrogen-bond acceptors (Lipinski definition) is 15. The molecule has 0 aliphatic carbocycles. The molecule has 0 aliphatic heterocycles. The number of unbranched alkanes of at least 4 members (excludes halogenated alkanes) is 37. The fourth-order valence-electron chi connectivity index (χ4n) is 10.7. The number of carbonyl (C=O) groups is 4. The summed E-state index contributed by atoms with van der Waals surface area (Å²) in [5.41, 5.74) is 0. The molecule has 0 aromatic rings. The molecule has 17 nitrogen and oxygen atoms in total. The van der Waals surface area contributed by atoms with Gasteiger partial charge in [-0.15, -0.1) is 0 Å². The molecule has 0 fully saturated rings. The number of carbonyl (C=O) groups excluding carboxylic acids is 4. The third-order valence-electron chi connectivity index (χ3n) is 16.4. The van der Waals surface area contributed by atoms with Gasteiger partial charge in [0.25, 0.3) is 0 Å². The molecule has 3 N–H and O–H groups in total. The Balaban J connectivity index is 5.22. The number of esters is 4. The van der Waals surface area contributed by atoms with Crippen molar-refractivity contribution in [1.82, 2.24) is 0 Å². The normalized spacial score (nSPS) is 14.2. The first-order valence-electron chi connectivity index (χ1n) is 36.8. The molecule has 0 saturated heterocycles. The van der Waals surface area contributed by atoms with Crippen molar-refractivity contribution >= 4 is 39.5 Å². The average molecular weight is 1330 g/mol. The monoisotopic (exact) mass is 1320 g/mol. The van der Waals surface area contributed by atoms with Gasteiger partial charge in [-0.2, -0.15) is 0 Å². The maximum absolute atomic E-state index is 13.0. The summed E-state index contributed by atoms with van der Waals surface area (Å²) < 4.78 is 68.3. The van der Waals surface area contributed by atoms with Gasteiger partial charge in [0.05, 0.1) is 26.4 Å². The molecular weight excluding hydrogens is 1190 g/mol. The Morgan fingerprint density at radius 3 is 0.756 bits per heavy atom. The lowest BCUT2D eigenvalue weighted by molar-refractivity contribution is -0.161. The van der Waals surface area contributed by atoms with Crippen LogP contribution in [0.2, 0.25) is 0 Å². The van der Waals surface area contributed by atoms with E-state index in [0.717, 1.165) is 108 Å². The van der Waals surface area contributed by atoms with Crippen LogP contribution in [0.15, 0.2) is 0 Å². The van der Waals surface area contributed by atoms with E-state index in [4.69, 9.17) is 37.0 Å². The second-order valence-electron chi connectivity index (χ2n) is 27.1. The van der Waals surface area contributed by atoms with Crippen molar-refractivity contribution in [3.63, 3.8) is 0 Å². The molecule has 0 aromatic heterocycles. The highest BCUT2D eigenvalue weighted by molar-refractivity contribution is 7.47. The summed E-state index contributed by atoms with van der Waals surface area (Å²) in [7, 11) is -9.90. The SMILES string of the molecule is CCCCCCCCCCCCCCCCCCCCC(=O)O[C@H](COC(=O)CCCCCCCCCCC(C)C)COP(=O)(O)OC[C@@H](O)COP(=O)(O)OC[C@@H](COC(=O)CCCCCCCCCC(C)C)OC(=O)CCCCCCCCCCC(C)C. The van der Waals surface area contributed by atoms with Crippen molar-refractivity contribution < 1.29 is 80.2 Å². The van der Waals surface area contributed by atoms with Crippen molar-refractivity contribution in [3.8, 4) is 0 Å². The van der Waals surface area contributed by atoms with Gasteiger partial charge in [-0.25, -0.2) is 9.13 Å². The Labute approximate surface area is 549 Å². The zero-order valence-electron chi connectivity index (χ0n) is 58.6. The number of aliphatic hydroxyl groups excluding tert-OH is 1. The van der Waals surface area contributed by atoms with Gasteiger partial charge in [-0.3, -0.25) is 37.3 Å². The average Bonchev–Trinajstić information content (AvgIpc) is 3.06. The Kier molecular flexibility index (Phi) is 60.6. The van der Waals surface area contributed by atoms with E-state index in [-0.39, 0.29) is 25.7 Å². The van der Waals surface area contributed by atoms with E-state index in [1.807, 2.05) is 0 Å². The van der Waals surface area contributed by atoms with Crippen LogP contribution in [0, 0.1) is 17.8 Å². The van der Waals surface area contributed by atoms with E-state index >= 15 is 0 Å². The summed E-state index contributed by atoms with van der Waals surface area (Å²) in [6.07, 6.45) is 46.1. The van der Waals surface area contributed by atoms with Gasteiger partial charge in [-0.05, 0) is 43.4 Å². The Bertz CT molecular complexity index is 1770.